The summed E-state index contributed by atoms with van der Waals surface area (Å²) in [5, 5.41) is 5.59. The van der Waals surface area contributed by atoms with Crippen LogP contribution in [0.5, 0.6) is 0 Å². The molecule has 43 heavy (non-hydrogen) atoms. The Labute approximate surface area is 253 Å². The fraction of sp³-hybridized carbons (Fsp3) is 0.0833. The molecule has 0 N–H and O–H groups in total. The second-order valence-electron chi connectivity index (χ2n) is 10.5. The maximum absolute atomic E-state index is 13.3. The number of carbonyl (C=O) groups excluding carboxylic acids is 3. The van der Waals surface area contributed by atoms with Gasteiger partial charge < -0.3 is 11.4 Å². The molecule has 0 fully saturated rings. The van der Waals surface area contributed by atoms with Crippen LogP contribution >= 0.6 is 0 Å². The van der Waals surface area contributed by atoms with Gasteiger partial charge in [-0.15, -0.1) is 0 Å². The van der Waals surface area contributed by atoms with Crippen molar-refractivity contribution >= 4 is 65.4 Å². The highest BCUT2D eigenvalue weighted by Gasteiger charge is 2.49. The van der Waals surface area contributed by atoms with Crippen molar-refractivity contribution in [2.24, 2.45) is 0 Å². The van der Waals surface area contributed by atoms with Crippen LogP contribution in [0.2, 0.25) is 0 Å². The minimum absolute atomic E-state index is 0.258. The van der Waals surface area contributed by atoms with Crippen LogP contribution in [0.4, 0.5) is 0 Å². The van der Waals surface area contributed by atoms with E-state index in [2.05, 4.69) is 0 Å². The van der Waals surface area contributed by atoms with Gasteiger partial charge in [0.1, 0.15) is 0 Å². The summed E-state index contributed by atoms with van der Waals surface area (Å²) in [6.45, 7) is 5.86. The summed E-state index contributed by atoms with van der Waals surface area (Å²) in [5.74, 6) is -2.23. The zero-order valence-electron chi connectivity index (χ0n) is 23.9. The predicted molar refractivity (Wildman–Crippen MR) is 168 cm³/mol. The van der Waals surface area contributed by atoms with Crippen molar-refractivity contribution in [2.45, 2.75) is 20.8 Å². The zero-order valence-corrected chi connectivity index (χ0v) is 25.1. The Hall–Kier alpha value is -4.96. The van der Waals surface area contributed by atoms with Crippen LogP contribution in [-0.4, -0.2) is 33.1 Å². The van der Waals surface area contributed by atoms with E-state index in [0.29, 0.717) is 0 Å². The maximum Gasteiger partial charge on any atom is 1.20 e. The van der Waals surface area contributed by atoms with Gasteiger partial charge in [-0.1, -0.05) is 72.8 Å². The molecule has 0 aliphatic heterocycles. The molecular formula is C36H27AlO6. The molecule has 0 atom stereocenters. The number of aryl methyl sites for hydroxylation is 3. The van der Waals surface area contributed by atoms with E-state index >= 15 is 0 Å². The van der Waals surface area contributed by atoms with Gasteiger partial charge in [0, 0.05) is 0 Å². The molecule has 6 nitrogen and oxygen atoms in total. The van der Waals surface area contributed by atoms with Crippen molar-refractivity contribution in [3.63, 3.8) is 0 Å². The van der Waals surface area contributed by atoms with Crippen LogP contribution in [0, 0.1) is 20.8 Å². The number of rotatable bonds is 6. The summed E-state index contributed by atoms with van der Waals surface area (Å²) >= 11 is -3.69. The highest BCUT2D eigenvalue weighted by Crippen LogP contribution is 2.24. The van der Waals surface area contributed by atoms with Crippen molar-refractivity contribution in [3.05, 3.63) is 143 Å². The molecule has 0 heterocycles. The predicted octanol–water partition coefficient (Wildman–Crippen LogP) is 7.93. The van der Waals surface area contributed by atoms with Gasteiger partial charge in [-0.3, -0.25) is 0 Å². The van der Waals surface area contributed by atoms with E-state index < -0.39 is 33.1 Å². The molecule has 0 aliphatic carbocycles. The molecule has 0 unspecified atom stereocenters. The molecule has 210 valence electrons. The van der Waals surface area contributed by atoms with Gasteiger partial charge in [-0.2, -0.15) is 0 Å². The van der Waals surface area contributed by atoms with Gasteiger partial charge in [-0.05, 0) is 106 Å². The number of benzene rings is 6. The molecule has 0 saturated carbocycles. The monoisotopic (exact) mass is 582 g/mol. The van der Waals surface area contributed by atoms with E-state index in [9.17, 15) is 14.4 Å². The molecule has 7 heteroatoms. The first-order valence-corrected chi connectivity index (χ1v) is 15.3. The Morgan fingerprint density at radius 2 is 0.744 bits per heavy atom. The Kier molecular flexibility index (Phi) is 7.69. The average Bonchev–Trinajstić information content (AvgIpc) is 3.01. The third-order valence-corrected chi connectivity index (χ3v) is 8.84. The lowest BCUT2D eigenvalue weighted by atomic mass is 10.0. The number of hydrogen-bond donors (Lipinski definition) is 0. The lowest BCUT2D eigenvalue weighted by molar-refractivity contribution is 0.0410. The molecular weight excluding hydrogens is 555 g/mol. The second kappa shape index (κ2) is 11.7. The molecule has 0 saturated heterocycles. The maximum atomic E-state index is 13.3. The summed E-state index contributed by atoms with van der Waals surface area (Å²) in [5.41, 5.74) is 3.77. The van der Waals surface area contributed by atoms with Gasteiger partial charge in [0.05, 0.1) is 16.7 Å². The standard InChI is InChI=1S/3C12H10O2.Al/c3*1-8-3-2-4-9-5-6-10(12(13)14)7-11(8)9;/h3*2-7H,1H3,(H,13,14);/q;;;+3/p-3. The first kappa shape index (κ1) is 28.2. The first-order valence-electron chi connectivity index (χ1n) is 13.9. The second-order valence-corrected chi connectivity index (χ2v) is 11.8. The molecule has 0 bridgehead atoms. The smallest absolute Gasteiger partial charge is 0.547 e. The van der Waals surface area contributed by atoms with Crippen LogP contribution in [0.15, 0.2) is 109 Å². The topological polar surface area (TPSA) is 78.9 Å². The van der Waals surface area contributed by atoms with Crippen LogP contribution in [-0.2, 0) is 11.4 Å². The highest BCUT2D eigenvalue weighted by atomic mass is 27.3. The van der Waals surface area contributed by atoms with Crippen molar-refractivity contribution in [1.82, 2.24) is 0 Å². The van der Waals surface area contributed by atoms with Crippen molar-refractivity contribution in [2.75, 3.05) is 0 Å². The van der Waals surface area contributed by atoms with Crippen molar-refractivity contribution in [1.29, 1.82) is 0 Å². The van der Waals surface area contributed by atoms with E-state index in [0.717, 1.165) is 49.0 Å². The average molecular weight is 583 g/mol. The first-order chi connectivity index (χ1) is 20.8. The highest BCUT2D eigenvalue weighted by molar-refractivity contribution is 6.45. The molecule has 6 rings (SSSR count). The Bertz CT molecular complexity index is 1830. The van der Waals surface area contributed by atoms with Crippen LogP contribution in [0.3, 0.4) is 0 Å². The van der Waals surface area contributed by atoms with Crippen LogP contribution < -0.4 is 0 Å². The van der Waals surface area contributed by atoms with Gasteiger partial charge in [0.15, 0.2) is 0 Å². The van der Waals surface area contributed by atoms with E-state index in [-0.39, 0.29) is 16.7 Å². The SMILES string of the molecule is Cc1cccc2ccc(C(=O)[O][Al]([O]C(=O)c3ccc4cccc(C)c4c3)[O]C(=O)c3ccc4cccc(C)c4c3)cc12. The molecule has 0 amide bonds. The number of carbonyl (C=O) groups is 3. The summed E-state index contributed by atoms with van der Waals surface area (Å²) in [6.07, 6.45) is 0. The Morgan fingerprint density at radius 1 is 0.442 bits per heavy atom. The van der Waals surface area contributed by atoms with E-state index in [1.807, 2.05) is 93.6 Å². The molecule has 6 aromatic carbocycles. The summed E-state index contributed by atoms with van der Waals surface area (Å²) in [6, 6.07) is 33.1. The molecule has 0 aliphatic rings. The third kappa shape index (κ3) is 5.87. The Balaban J connectivity index is 1.30. The van der Waals surface area contributed by atoms with Gasteiger partial charge in [0.2, 0.25) is 0 Å². The Morgan fingerprint density at radius 3 is 1.05 bits per heavy atom. The van der Waals surface area contributed by atoms with E-state index in [1.165, 1.54) is 0 Å². The van der Waals surface area contributed by atoms with E-state index in [1.54, 1.807) is 36.4 Å². The van der Waals surface area contributed by atoms with Crippen molar-refractivity contribution < 1.29 is 25.7 Å². The van der Waals surface area contributed by atoms with E-state index in [4.69, 9.17) is 11.4 Å². The minimum Gasteiger partial charge on any atom is -0.547 e. The summed E-state index contributed by atoms with van der Waals surface area (Å²) < 4.78 is 16.9. The normalized spacial score (nSPS) is 11.0. The fourth-order valence-electron chi connectivity index (χ4n) is 5.21. The van der Waals surface area contributed by atoms with Crippen LogP contribution in [0.25, 0.3) is 32.3 Å². The van der Waals surface area contributed by atoms with Crippen molar-refractivity contribution in [3.8, 4) is 0 Å². The molecule has 6 aromatic rings. The largest absolute Gasteiger partial charge is 1.20 e. The van der Waals surface area contributed by atoms with Gasteiger partial charge in [-0.25, -0.2) is 14.4 Å². The lowest BCUT2D eigenvalue weighted by Crippen LogP contribution is -2.35. The summed E-state index contributed by atoms with van der Waals surface area (Å²) in [7, 11) is 0. The van der Waals surface area contributed by atoms with Crippen LogP contribution in [0.1, 0.15) is 47.8 Å². The lowest BCUT2D eigenvalue weighted by Gasteiger charge is -2.15. The molecule has 0 radical (unpaired) electrons. The zero-order chi connectivity index (χ0) is 30.1. The molecule has 0 aromatic heterocycles. The van der Waals surface area contributed by atoms with Gasteiger partial charge >= 0.3 is 33.1 Å². The fourth-order valence-corrected chi connectivity index (χ4v) is 6.28. The molecule has 0 spiro atoms. The summed E-state index contributed by atoms with van der Waals surface area (Å²) in [4.78, 5) is 39.9. The quantitative estimate of drug-likeness (QED) is 0.186. The number of fused-ring (bicyclic) bond motifs is 3. The van der Waals surface area contributed by atoms with Gasteiger partial charge in [0.25, 0.3) is 0 Å². The minimum atomic E-state index is -3.69. The number of hydrogen-bond acceptors (Lipinski definition) is 6. The third-order valence-electron chi connectivity index (χ3n) is 7.62.